The first-order chi connectivity index (χ1) is 22.8. The highest BCUT2D eigenvalue weighted by atomic mass is 15.1. The zero-order valence-corrected chi connectivity index (χ0v) is 25.1. The highest BCUT2D eigenvalue weighted by Crippen LogP contribution is 2.47. The summed E-state index contributed by atoms with van der Waals surface area (Å²) in [6.45, 7) is 4.13. The maximum absolute atomic E-state index is 5.24. The van der Waals surface area contributed by atoms with Crippen molar-refractivity contribution in [2.45, 2.75) is 0 Å². The van der Waals surface area contributed by atoms with Gasteiger partial charge in [0.1, 0.15) is 5.65 Å². The van der Waals surface area contributed by atoms with E-state index in [1.54, 1.807) is 0 Å². The molecule has 0 amide bonds. The van der Waals surface area contributed by atoms with Crippen LogP contribution in [-0.2, 0) is 0 Å². The van der Waals surface area contributed by atoms with Crippen LogP contribution in [0.5, 0.6) is 0 Å². The summed E-state index contributed by atoms with van der Waals surface area (Å²) in [6.07, 6.45) is 1.84. The molecule has 0 spiro atoms. The molecule has 3 aromatic heterocycles. The molecule has 0 aliphatic heterocycles. The third kappa shape index (κ3) is 3.82. The van der Waals surface area contributed by atoms with Gasteiger partial charge in [0.05, 0.1) is 33.6 Å². The van der Waals surface area contributed by atoms with Gasteiger partial charge in [-0.2, -0.15) is 0 Å². The zero-order valence-electron chi connectivity index (χ0n) is 25.1. The summed E-state index contributed by atoms with van der Waals surface area (Å²) >= 11 is 0. The minimum absolute atomic E-state index is 0.835. The standard InChI is InChI=1S/C43H29N3/c1-2-35(29-17-5-3-6-18-29)44-36-25-13-16-28-39(36)45-38-27-15-12-24-34(38)41-40(30-19-7-4-8-20-30)42-33-23-10-9-21-31(33)32-22-11-14-26-37(32)46(42)43(41)45/h2-28H,1H2. The number of allylic oxidation sites excluding steroid dienone is 1. The quantitative estimate of drug-likeness (QED) is 0.141. The van der Waals surface area contributed by atoms with Crippen LogP contribution < -0.4 is 0 Å². The van der Waals surface area contributed by atoms with Gasteiger partial charge in [0.15, 0.2) is 0 Å². The van der Waals surface area contributed by atoms with Crippen molar-refractivity contribution in [1.29, 1.82) is 0 Å². The number of aromatic nitrogens is 2. The van der Waals surface area contributed by atoms with E-state index in [1.165, 1.54) is 49.1 Å². The van der Waals surface area contributed by atoms with Crippen LogP contribution in [0.1, 0.15) is 5.56 Å². The van der Waals surface area contributed by atoms with Crippen molar-refractivity contribution in [3.63, 3.8) is 0 Å². The predicted molar refractivity (Wildman–Crippen MR) is 195 cm³/mol. The fraction of sp³-hybridized carbons (Fsp3) is 0. The van der Waals surface area contributed by atoms with Crippen molar-refractivity contribution in [2.24, 2.45) is 4.99 Å². The monoisotopic (exact) mass is 587 g/mol. The Morgan fingerprint density at radius 3 is 1.89 bits per heavy atom. The van der Waals surface area contributed by atoms with Gasteiger partial charge in [0.2, 0.25) is 0 Å². The molecule has 0 N–H and O–H groups in total. The van der Waals surface area contributed by atoms with Crippen LogP contribution in [0.4, 0.5) is 5.69 Å². The molecule has 0 saturated heterocycles. The first-order valence-corrected chi connectivity index (χ1v) is 15.6. The summed E-state index contributed by atoms with van der Waals surface area (Å²) in [4.78, 5) is 5.24. The minimum atomic E-state index is 0.835. The van der Waals surface area contributed by atoms with Crippen molar-refractivity contribution in [1.82, 2.24) is 8.97 Å². The lowest BCUT2D eigenvalue weighted by atomic mass is 9.98. The first-order valence-electron chi connectivity index (χ1n) is 15.6. The van der Waals surface area contributed by atoms with Gasteiger partial charge in [0, 0.05) is 32.7 Å². The van der Waals surface area contributed by atoms with E-state index < -0.39 is 0 Å². The molecule has 0 atom stereocenters. The van der Waals surface area contributed by atoms with E-state index in [2.05, 4.69) is 155 Å². The van der Waals surface area contributed by atoms with E-state index in [-0.39, 0.29) is 0 Å². The number of aliphatic imine (C=N–C) groups is 1. The molecular weight excluding hydrogens is 558 g/mol. The van der Waals surface area contributed by atoms with E-state index in [1.807, 2.05) is 24.3 Å². The van der Waals surface area contributed by atoms with Crippen molar-refractivity contribution in [2.75, 3.05) is 0 Å². The van der Waals surface area contributed by atoms with E-state index in [4.69, 9.17) is 4.99 Å². The van der Waals surface area contributed by atoms with Crippen LogP contribution in [0.2, 0.25) is 0 Å². The Bertz CT molecular complexity index is 2640. The molecule has 0 saturated carbocycles. The second kappa shape index (κ2) is 10.5. The third-order valence-electron chi connectivity index (χ3n) is 9.08. The van der Waals surface area contributed by atoms with Crippen LogP contribution in [0, 0.1) is 0 Å². The summed E-state index contributed by atoms with van der Waals surface area (Å²) < 4.78 is 4.90. The van der Waals surface area contributed by atoms with Gasteiger partial charge in [-0.1, -0.05) is 140 Å². The minimum Gasteiger partial charge on any atom is -0.294 e. The van der Waals surface area contributed by atoms with Gasteiger partial charge < -0.3 is 0 Å². The van der Waals surface area contributed by atoms with Gasteiger partial charge in [-0.15, -0.1) is 0 Å². The fourth-order valence-corrected chi connectivity index (χ4v) is 7.18. The second-order valence-electron chi connectivity index (χ2n) is 11.6. The maximum atomic E-state index is 5.24. The molecule has 9 rings (SSSR count). The summed E-state index contributed by atoms with van der Waals surface area (Å²) in [7, 11) is 0. The average molecular weight is 588 g/mol. The van der Waals surface area contributed by atoms with E-state index in [9.17, 15) is 0 Å². The molecule has 0 aliphatic rings. The van der Waals surface area contributed by atoms with Crippen LogP contribution >= 0.6 is 0 Å². The van der Waals surface area contributed by atoms with Gasteiger partial charge in [-0.3, -0.25) is 8.97 Å². The molecule has 0 radical (unpaired) electrons. The fourth-order valence-electron chi connectivity index (χ4n) is 7.18. The Labute approximate surface area is 266 Å². The Kier molecular flexibility index (Phi) is 5.97. The lowest BCUT2D eigenvalue weighted by Crippen LogP contribution is -2.01. The second-order valence-corrected chi connectivity index (χ2v) is 11.6. The number of nitrogens with zero attached hydrogens (tertiary/aromatic N) is 3. The molecule has 3 nitrogen and oxygen atoms in total. The summed E-state index contributed by atoms with van der Waals surface area (Å²) in [5.41, 5.74) is 10.8. The number of pyridine rings is 1. The lowest BCUT2D eigenvalue weighted by molar-refractivity contribution is 1.12. The highest BCUT2D eigenvalue weighted by molar-refractivity contribution is 6.27. The Morgan fingerprint density at radius 2 is 1.13 bits per heavy atom. The molecule has 0 bridgehead atoms. The number of benzene rings is 6. The van der Waals surface area contributed by atoms with E-state index in [0.29, 0.717) is 0 Å². The van der Waals surface area contributed by atoms with Crippen molar-refractivity contribution in [3.05, 3.63) is 176 Å². The summed E-state index contributed by atoms with van der Waals surface area (Å²) in [5.74, 6) is 0. The molecular formula is C43H29N3. The van der Waals surface area contributed by atoms with Gasteiger partial charge in [-0.25, -0.2) is 4.99 Å². The number of para-hydroxylation sites is 4. The Balaban J connectivity index is 1.53. The predicted octanol–water partition coefficient (Wildman–Crippen LogP) is 11.3. The van der Waals surface area contributed by atoms with Crippen molar-refractivity contribution >= 4 is 60.5 Å². The van der Waals surface area contributed by atoms with Gasteiger partial charge in [0.25, 0.3) is 0 Å². The SMILES string of the molecule is C=CC(=Nc1ccccc1-n1c2ccccc2c2c(-c3ccccc3)c3c4ccccc4c4ccccc4n3c21)c1ccccc1. The molecule has 0 fully saturated rings. The number of fused-ring (bicyclic) bond motifs is 10. The molecule has 3 heterocycles. The van der Waals surface area contributed by atoms with Crippen LogP contribution in [0.15, 0.2) is 175 Å². The van der Waals surface area contributed by atoms with E-state index >= 15 is 0 Å². The molecule has 46 heavy (non-hydrogen) atoms. The highest BCUT2D eigenvalue weighted by Gasteiger charge is 2.26. The molecule has 0 aliphatic carbocycles. The molecule has 3 heteroatoms. The molecule has 6 aromatic carbocycles. The van der Waals surface area contributed by atoms with E-state index in [0.717, 1.165) is 33.8 Å². The summed E-state index contributed by atoms with van der Waals surface area (Å²) in [5, 5.41) is 6.15. The summed E-state index contributed by atoms with van der Waals surface area (Å²) in [6, 6.07) is 55.9. The smallest absolute Gasteiger partial charge is 0.131 e. The average Bonchev–Trinajstić information content (AvgIpc) is 3.65. The van der Waals surface area contributed by atoms with Crippen LogP contribution in [0.25, 0.3) is 65.9 Å². The Hall–Kier alpha value is -6.19. The molecule has 216 valence electrons. The van der Waals surface area contributed by atoms with Gasteiger partial charge >= 0.3 is 0 Å². The largest absolute Gasteiger partial charge is 0.294 e. The molecule has 0 unspecified atom stereocenters. The Morgan fingerprint density at radius 1 is 0.543 bits per heavy atom. The number of hydrogen-bond donors (Lipinski definition) is 0. The third-order valence-corrected chi connectivity index (χ3v) is 9.08. The van der Waals surface area contributed by atoms with Gasteiger partial charge in [-0.05, 0) is 41.3 Å². The topological polar surface area (TPSA) is 21.7 Å². The number of rotatable bonds is 5. The zero-order chi connectivity index (χ0) is 30.6. The first kappa shape index (κ1) is 26.2. The van der Waals surface area contributed by atoms with Crippen LogP contribution in [-0.4, -0.2) is 14.7 Å². The van der Waals surface area contributed by atoms with Crippen molar-refractivity contribution in [3.8, 4) is 16.8 Å². The van der Waals surface area contributed by atoms with Crippen LogP contribution in [0.3, 0.4) is 0 Å². The van der Waals surface area contributed by atoms with Crippen molar-refractivity contribution < 1.29 is 0 Å². The number of hydrogen-bond acceptors (Lipinski definition) is 1. The lowest BCUT2D eigenvalue weighted by Gasteiger charge is -2.15. The normalized spacial score (nSPS) is 12.1. The molecule has 9 aromatic rings. The maximum Gasteiger partial charge on any atom is 0.131 e.